The smallest absolute Gasteiger partial charge is 0.303 e. The molecule has 7 heteroatoms. The molecule has 1 amide bonds. The second-order valence-electron chi connectivity index (χ2n) is 5.57. The third-order valence-corrected chi connectivity index (χ3v) is 2.93. The Morgan fingerprint density at radius 2 is 1.90 bits per heavy atom. The van der Waals surface area contributed by atoms with Crippen LogP contribution in [0.4, 0.5) is 5.69 Å². The second kappa shape index (κ2) is 6.83. The molecule has 21 heavy (non-hydrogen) atoms. The zero-order valence-electron chi connectivity index (χ0n) is 12.0. The van der Waals surface area contributed by atoms with Crippen LogP contribution in [-0.4, -0.2) is 21.9 Å². The first-order valence-corrected chi connectivity index (χ1v) is 6.42. The number of nitro benzene ring substituents is 1. The molecule has 0 radical (unpaired) electrons. The fourth-order valence-electron chi connectivity index (χ4n) is 2.00. The maximum atomic E-state index is 11.8. The van der Waals surface area contributed by atoms with Crippen molar-refractivity contribution in [2.75, 3.05) is 0 Å². The Balaban J connectivity index is 2.62. The molecular weight excluding hydrogens is 276 g/mol. The molecule has 0 aliphatic carbocycles. The van der Waals surface area contributed by atoms with Crippen LogP contribution >= 0.6 is 0 Å². The number of nitrogens with one attached hydrogen (secondary N) is 1. The van der Waals surface area contributed by atoms with Gasteiger partial charge in [-0.3, -0.25) is 19.7 Å². The van der Waals surface area contributed by atoms with Crippen LogP contribution in [0.3, 0.4) is 0 Å². The minimum atomic E-state index is -0.966. The molecule has 0 aliphatic rings. The maximum Gasteiger partial charge on any atom is 0.303 e. The van der Waals surface area contributed by atoms with Crippen molar-refractivity contribution in [2.24, 2.45) is 5.41 Å². The van der Waals surface area contributed by atoms with E-state index >= 15 is 0 Å². The van der Waals surface area contributed by atoms with Gasteiger partial charge in [0.1, 0.15) is 0 Å². The third-order valence-electron chi connectivity index (χ3n) is 2.93. The summed E-state index contributed by atoms with van der Waals surface area (Å²) in [7, 11) is 0. The van der Waals surface area contributed by atoms with Crippen molar-refractivity contribution in [1.82, 2.24) is 5.32 Å². The first-order valence-electron chi connectivity index (χ1n) is 6.42. The highest BCUT2D eigenvalue weighted by Crippen LogP contribution is 2.25. The predicted octanol–water partition coefficient (Wildman–Crippen LogP) is 2.10. The molecule has 0 unspecified atom stereocenters. The van der Waals surface area contributed by atoms with Crippen molar-refractivity contribution in [1.29, 1.82) is 0 Å². The third kappa shape index (κ3) is 5.60. The van der Waals surface area contributed by atoms with Crippen LogP contribution in [0, 0.1) is 15.5 Å². The van der Waals surface area contributed by atoms with Gasteiger partial charge in [-0.15, -0.1) is 0 Å². The number of amides is 1. The van der Waals surface area contributed by atoms with Gasteiger partial charge < -0.3 is 10.4 Å². The molecule has 0 fully saturated rings. The minimum Gasteiger partial charge on any atom is -0.481 e. The van der Waals surface area contributed by atoms with Crippen LogP contribution in [0.2, 0.25) is 0 Å². The van der Waals surface area contributed by atoms with Gasteiger partial charge in [0.2, 0.25) is 5.91 Å². The van der Waals surface area contributed by atoms with Gasteiger partial charge in [0, 0.05) is 24.6 Å². The van der Waals surface area contributed by atoms with E-state index in [-0.39, 0.29) is 31.0 Å². The summed E-state index contributed by atoms with van der Waals surface area (Å²) in [6, 6.07) is 6.15. The van der Waals surface area contributed by atoms with Gasteiger partial charge in [-0.1, -0.05) is 32.0 Å². The molecule has 0 aromatic heterocycles. The molecule has 0 saturated carbocycles. The van der Waals surface area contributed by atoms with Gasteiger partial charge >= 0.3 is 5.97 Å². The Kier molecular flexibility index (Phi) is 5.40. The molecule has 0 bridgehead atoms. The number of para-hydroxylation sites is 1. The Hall–Kier alpha value is -2.44. The number of benzene rings is 1. The Bertz CT molecular complexity index is 554. The number of rotatable bonds is 7. The normalized spacial score (nSPS) is 11.0. The molecule has 7 nitrogen and oxygen atoms in total. The number of carbonyl (C=O) groups is 2. The number of nitro groups is 1. The lowest BCUT2D eigenvalue weighted by molar-refractivity contribution is -0.385. The molecule has 114 valence electrons. The summed E-state index contributed by atoms with van der Waals surface area (Å²) < 4.78 is 0. The number of carboxylic acid groups (broad SMARTS) is 1. The van der Waals surface area contributed by atoms with E-state index in [1.807, 2.05) is 0 Å². The molecule has 0 saturated heterocycles. The number of carbonyl (C=O) groups excluding carboxylic acids is 1. The average molecular weight is 294 g/mol. The Morgan fingerprint density at radius 3 is 2.48 bits per heavy atom. The lowest BCUT2D eigenvalue weighted by atomic mass is 9.85. The summed E-state index contributed by atoms with van der Waals surface area (Å²) in [6.07, 6.45) is -0.0775. The second-order valence-corrected chi connectivity index (χ2v) is 5.57. The van der Waals surface area contributed by atoms with E-state index in [0.717, 1.165) is 0 Å². The molecule has 0 aliphatic heterocycles. The van der Waals surface area contributed by atoms with Crippen molar-refractivity contribution in [3.8, 4) is 0 Å². The summed E-state index contributed by atoms with van der Waals surface area (Å²) in [6.45, 7) is 3.41. The summed E-state index contributed by atoms with van der Waals surface area (Å²) >= 11 is 0. The summed E-state index contributed by atoms with van der Waals surface area (Å²) in [4.78, 5) is 32.8. The Morgan fingerprint density at radius 1 is 1.29 bits per heavy atom. The first-order chi connectivity index (χ1) is 9.71. The fourth-order valence-corrected chi connectivity index (χ4v) is 2.00. The van der Waals surface area contributed by atoms with E-state index in [9.17, 15) is 19.7 Å². The monoisotopic (exact) mass is 294 g/mol. The zero-order chi connectivity index (χ0) is 16.0. The van der Waals surface area contributed by atoms with Crippen LogP contribution < -0.4 is 5.32 Å². The lowest BCUT2D eigenvalue weighted by Gasteiger charge is -2.21. The van der Waals surface area contributed by atoms with E-state index in [1.54, 1.807) is 32.0 Å². The van der Waals surface area contributed by atoms with Gasteiger partial charge in [0.15, 0.2) is 0 Å². The van der Waals surface area contributed by atoms with E-state index < -0.39 is 16.3 Å². The fraction of sp³-hybridized carbons (Fsp3) is 0.429. The number of hydrogen-bond donors (Lipinski definition) is 2. The van der Waals surface area contributed by atoms with E-state index in [1.165, 1.54) is 6.07 Å². The van der Waals surface area contributed by atoms with Crippen LogP contribution in [0.1, 0.15) is 32.3 Å². The van der Waals surface area contributed by atoms with E-state index in [0.29, 0.717) is 5.56 Å². The van der Waals surface area contributed by atoms with Gasteiger partial charge in [0.05, 0.1) is 11.3 Å². The highest BCUT2D eigenvalue weighted by Gasteiger charge is 2.25. The SMILES string of the molecule is CC(C)(CC(=O)O)CC(=O)NCc1ccccc1[N+](=O)[O-]. The average Bonchev–Trinajstić information content (AvgIpc) is 2.34. The number of hydrogen-bond acceptors (Lipinski definition) is 4. The molecule has 1 rings (SSSR count). The molecule has 1 aromatic rings. The summed E-state index contributed by atoms with van der Waals surface area (Å²) in [5, 5.41) is 22.2. The quantitative estimate of drug-likeness (QED) is 0.591. The highest BCUT2D eigenvalue weighted by atomic mass is 16.6. The van der Waals surface area contributed by atoms with Gasteiger partial charge in [-0.05, 0) is 5.41 Å². The standard InChI is InChI=1S/C14H18N2O5/c1-14(2,8-13(18)19)7-12(17)15-9-10-5-3-4-6-11(10)16(20)21/h3-6H,7-9H2,1-2H3,(H,15,17)(H,18,19). The molecule has 1 aromatic carbocycles. The zero-order valence-corrected chi connectivity index (χ0v) is 12.0. The molecule has 2 N–H and O–H groups in total. The molecule has 0 heterocycles. The number of aliphatic carboxylic acids is 1. The predicted molar refractivity (Wildman–Crippen MR) is 75.6 cm³/mol. The lowest BCUT2D eigenvalue weighted by Crippen LogP contribution is -2.30. The van der Waals surface area contributed by atoms with E-state index in [4.69, 9.17) is 5.11 Å². The van der Waals surface area contributed by atoms with Gasteiger partial charge in [-0.2, -0.15) is 0 Å². The van der Waals surface area contributed by atoms with Crippen molar-refractivity contribution in [2.45, 2.75) is 33.2 Å². The summed E-state index contributed by atoms with van der Waals surface area (Å²) in [5.41, 5.74) is -0.312. The van der Waals surface area contributed by atoms with Crippen LogP contribution in [0.15, 0.2) is 24.3 Å². The first kappa shape index (κ1) is 16.6. The van der Waals surface area contributed by atoms with Crippen LogP contribution in [-0.2, 0) is 16.1 Å². The highest BCUT2D eigenvalue weighted by molar-refractivity contribution is 5.78. The topological polar surface area (TPSA) is 110 Å². The molecule has 0 spiro atoms. The van der Waals surface area contributed by atoms with Crippen molar-refractivity contribution in [3.63, 3.8) is 0 Å². The van der Waals surface area contributed by atoms with Crippen molar-refractivity contribution < 1.29 is 19.6 Å². The van der Waals surface area contributed by atoms with Crippen molar-refractivity contribution >= 4 is 17.6 Å². The Labute approximate surface area is 122 Å². The minimum absolute atomic E-state index is 0.0408. The van der Waals surface area contributed by atoms with Crippen LogP contribution in [0.25, 0.3) is 0 Å². The van der Waals surface area contributed by atoms with Gasteiger partial charge in [-0.25, -0.2) is 0 Å². The van der Waals surface area contributed by atoms with Crippen LogP contribution in [0.5, 0.6) is 0 Å². The maximum absolute atomic E-state index is 11.8. The summed E-state index contributed by atoms with van der Waals surface area (Å²) in [5.74, 6) is -1.30. The molecule has 0 atom stereocenters. The molecular formula is C14H18N2O5. The van der Waals surface area contributed by atoms with Crippen molar-refractivity contribution in [3.05, 3.63) is 39.9 Å². The number of nitrogens with zero attached hydrogens (tertiary/aromatic N) is 1. The number of carboxylic acids is 1. The largest absolute Gasteiger partial charge is 0.481 e. The van der Waals surface area contributed by atoms with Gasteiger partial charge in [0.25, 0.3) is 5.69 Å². The van der Waals surface area contributed by atoms with E-state index in [2.05, 4.69) is 5.32 Å².